The van der Waals surface area contributed by atoms with Gasteiger partial charge in [0, 0.05) is 6.42 Å². The minimum atomic E-state index is -1.19. The molecule has 2 aromatic rings. The summed E-state index contributed by atoms with van der Waals surface area (Å²) in [6.45, 7) is 4.31. The number of carboxylic acids is 1. The summed E-state index contributed by atoms with van der Waals surface area (Å²) in [4.78, 5) is 10.6. The SMILES string of the molecule is CC(C)c1ccc(CCc2nnc(C(=O)O)o2)cc1. The van der Waals surface area contributed by atoms with Gasteiger partial charge in [0.1, 0.15) is 0 Å². The van der Waals surface area contributed by atoms with Crippen LogP contribution in [0.25, 0.3) is 0 Å². The van der Waals surface area contributed by atoms with Crippen molar-refractivity contribution in [3.63, 3.8) is 0 Å². The minimum Gasteiger partial charge on any atom is -0.474 e. The van der Waals surface area contributed by atoms with Crippen molar-refractivity contribution in [3.8, 4) is 0 Å². The van der Waals surface area contributed by atoms with E-state index in [1.54, 1.807) is 0 Å². The molecular formula is C14H16N2O3. The zero-order valence-corrected chi connectivity index (χ0v) is 11.0. The number of benzene rings is 1. The van der Waals surface area contributed by atoms with E-state index in [-0.39, 0.29) is 5.89 Å². The fourth-order valence-corrected chi connectivity index (χ4v) is 1.76. The molecule has 0 fully saturated rings. The first-order valence-electron chi connectivity index (χ1n) is 6.21. The van der Waals surface area contributed by atoms with Gasteiger partial charge >= 0.3 is 11.9 Å². The summed E-state index contributed by atoms with van der Waals surface area (Å²) < 4.78 is 5.01. The Morgan fingerprint density at radius 1 is 1.21 bits per heavy atom. The second-order valence-corrected chi connectivity index (χ2v) is 4.70. The molecule has 100 valence electrons. The summed E-state index contributed by atoms with van der Waals surface area (Å²) in [5.41, 5.74) is 2.47. The van der Waals surface area contributed by atoms with Crippen LogP contribution in [0.15, 0.2) is 28.7 Å². The Morgan fingerprint density at radius 3 is 2.42 bits per heavy atom. The van der Waals surface area contributed by atoms with E-state index < -0.39 is 5.97 Å². The third kappa shape index (κ3) is 3.40. The van der Waals surface area contributed by atoms with E-state index in [9.17, 15) is 4.79 Å². The largest absolute Gasteiger partial charge is 0.474 e. The maximum Gasteiger partial charge on any atom is 0.393 e. The van der Waals surface area contributed by atoms with E-state index >= 15 is 0 Å². The van der Waals surface area contributed by atoms with E-state index in [0.29, 0.717) is 18.2 Å². The van der Waals surface area contributed by atoms with Crippen LogP contribution in [-0.4, -0.2) is 21.3 Å². The number of aromatic nitrogens is 2. The molecule has 0 aliphatic rings. The van der Waals surface area contributed by atoms with Gasteiger partial charge in [-0.05, 0) is 23.5 Å². The fraction of sp³-hybridized carbons (Fsp3) is 0.357. The van der Waals surface area contributed by atoms with Crippen molar-refractivity contribution in [1.29, 1.82) is 0 Å². The van der Waals surface area contributed by atoms with Gasteiger partial charge in [-0.1, -0.05) is 38.1 Å². The van der Waals surface area contributed by atoms with E-state index in [1.165, 1.54) is 11.1 Å². The number of hydrogen-bond donors (Lipinski definition) is 1. The van der Waals surface area contributed by atoms with Gasteiger partial charge in [-0.25, -0.2) is 4.79 Å². The molecule has 5 nitrogen and oxygen atoms in total. The monoisotopic (exact) mass is 260 g/mol. The molecule has 1 aromatic heterocycles. The van der Waals surface area contributed by atoms with Crippen LogP contribution in [0.5, 0.6) is 0 Å². The zero-order chi connectivity index (χ0) is 13.8. The molecule has 0 aliphatic heterocycles. The van der Waals surface area contributed by atoms with Crippen LogP contribution in [0.4, 0.5) is 0 Å². The van der Waals surface area contributed by atoms with E-state index in [4.69, 9.17) is 9.52 Å². The van der Waals surface area contributed by atoms with Gasteiger partial charge < -0.3 is 9.52 Å². The molecule has 1 N–H and O–H groups in total. The van der Waals surface area contributed by atoms with Crippen LogP contribution in [0.1, 0.15) is 47.5 Å². The lowest BCUT2D eigenvalue weighted by molar-refractivity contribution is 0.0651. The van der Waals surface area contributed by atoms with Gasteiger partial charge in [-0.3, -0.25) is 0 Å². The molecular weight excluding hydrogens is 244 g/mol. The van der Waals surface area contributed by atoms with Crippen molar-refractivity contribution in [3.05, 3.63) is 47.2 Å². The molecule has 2 rings (SSSR count). The fourth-order valence-electron chi connectivity index (χ4n) is 1.76. The highest BCUT2D eigenvalue weighted by Crippen LogP contribution is 2.15. The van der Waals surface area contributed by atoms with Crippen molar-refractivity contribution >= 4 is 5.97 Å². The molecule has 0 radical (unpaired) electrons. The lowest BCUT2D eigenvalue weighted by Gasteiger charge is -2.06. The Balaban J connectivity index is 1.96. The Hall–Kier alpha value is -2.17. The van der Waals surface area contributed by atoms with E-state index in [1.807, 2.05) is 0 Å². The molecule has 0 aliphatic carbocycles. The van der Waals surface area contributed by atoms with Crippen LogP contribution in [0.2, 0.25) is 0 Å². The summed E-state index contributed by atoms with van der Waals surface area (Å²) in [5.74, 6) is -0.682. The Kier molecular flexibility index (Phi) is 3.94. The number of nitrogens with zero attached hydrogens (tertiary/aromatic N) is 2. The first-order valence-corrected chi connectivity index (χ1v) is 6.21. The number of hydrogen-bond acceptors (Lipinski definition) is 4. The Morgan fingerprint density at radius 2 is 1.89 bits per heavy atom. The Bertz CT molecular complexity index is 558. The van der Waals surface area contributed by atoms with Crippen molar-refractivity contribution < 1.29 is 14.3 Å². The van der Waals surface area contributed by atoms with Gasteiger partial charge in [-0.2, -0.15) is 0 Å². The zero-order valence-electron chi connectivity index (χ0n) is 11.0. The summed E-state index contributed by atoms with van der Waals surface area (Å²) in [6.07, 6.45) is 1.29. The number of carbonyl (C=O) groups is 1. The number of aromatic carboxylic acids is 1. The van der Waals surface area contributed by atoms with Gasteiger partial charge in [-0.15, -0.1) is 10.2 Å². The molecule has 0 amide bonds. The highest BCUT2D eigenvalue weighted by Gasteiger charge is 2.12. The highest BCUT2D eigenvalue weighted by molar-refractivity contribution is 5.81. The van der Waals surface area contributed by atoms with Crippen molar-refractivity contribution in [2.24, 2.45) is 0 Å². The molecule has 5 heteroatoms. The predicted molar refractivity (Wildman–Crippen MR) is 69.2 cm³/mol. The van der Waals surface area contributed by atoms with E-state index in [2.05, 4.69) is 48.3 Å². The average molecular weight is 260 g/mol. The van der Waals surface area contributed by atoms with Crippen LogP contribution >= 0.6 is 0 Å². The third-order valence-corrected chi connectivity index (χ3v) is 2.92. The number of carboxylic acid groups (broad SMARTS) is 1. The smallest absolute Gasteiger partial charge is 0.393 e. The third-order valence-electron chi connectivity index (χ3n) is 2.92. The minimum absolute atomic E-state index is 0.352. The Labute approximate surface area is 111 Å². The molecule has 0 saturated carbocycles. The highest BCUT2D eigenvalue weighted by atomic mass is 16.4. The van der Waals surface area contributed by atoms with Crippen molar-refractivity contribution in [1.82, 2.24) is 10.2 Å². The van der Waals surface area contributed by atoms with Gasteiger partial charge in [0.15, 0.2) is 0 Å². The quantitative estimate of drug-likeness (QED) is 0.894. The summed E-state index contributed by atoms with van der Waals surface area (Å²) >= 11 is 0. The second-order valence-electron chi connectivity index (χ2n) is 4.70. The average Bonchev–Trinajstić information content (AvgIpc) is 2.86. The molecule has 0 unspecified atom stereocenters. The summed E-state index contributed by atoms with van der Waals surface area (Å²) in [7, 11) is 0. The molecule has 0 atom stereocenters. The number of rotatable bonds is 5. The summed E-state index contributed by atoms with van der Waals surface area (Å²) in [6, 6.07) is 8.36. The lowest BCUT2D eigenvalue weighted by atomic mass is 10.0. The van der Waals surface area contributed by atoms with Crippen molar-refractivity contribution in [2.75, 3.05) is 0 Å². The maximum atomic E-state index is 10.6. The molecule has 19 heavy (non-hydrogen) atoms. The van der Waals surface area contributed by atoms with Gasteiger partial charge in [0.2, 0.25) is 5.89 Å². The van der Waals surface area contributed by atoms with Crippen molar-refractivity contribution in [2.45, 2.75) is 32.6 Å². The normalized spacial score (nSPS) is 10.9. The van der Waals surface area contributed by atoms with E-state index in [0.717, 1.165) is 6.42 Å². The number of aryl methyl sites for hydroxylation is 2. The predicted octanol–water partition coefficient (Wildman–Crippen LogP) is 2.68. The molecule has 1 aromatic carbocycles. The second kappa shape index (κ2) is 5.65. The topological polar surface area (TPSA) is 76.2 Å². The van der Waals surface area contributed by atoms with Crippen LogP contribution in [0.3, 0.4) is 0 Å². The summed E-state index contributed by atoms with van der Waals surface area (Å²) in [5, 5.41) is 15.8. The standard InChI is InChI=1S/C14H16N2O3/c1-9(2)11-6-3-10(4-7-11)5-8-12-15-16-13(19-12)14(17)18/h3-4,6-7,9H,5,8H2,1-2H3,(H,17,18). The van der Waals surface area contributed by atoms with Crippen LogP contribution in [0, 0.1) is 0 Å². The van der Waals surface area contributed by atoms with Gasteiger partial charge in [0.25, 0.3) is 0 Å². The van der Waals surface area contributed by atoms with Crippen LogP contribution < -0.4 is 0 Å². The maximum absolute atomic E-state index is 10.6. The van der Waals surface area contributed by atoms with Crippen LogP contribution in [-0.2, 0) is 12.8 Å². The molecule has 0 bridgehead atoms. The first-order chi connectivity index (χ1) is 9.06. The molecule has 0 spiro atoms. The molecule has 1 heterocycles. The lowest BCUT2D eigenvalue weighted by Crippen LogP contribution is -1.95. The first kappa shape index (κ1) is 13.3. The molecule has 0 saturated heterocycles. The van der Waals surface area contributed by atoms with Gasteiger partial charge in [0.05, 0.1) is 0 Å².